The number of hydrogen-bond donors (Lipinski definition) is 2. The van der Waals surface area contributed by atoms with E-state index >= 15 is 0 Å². The predicted molar refractivity (Wildman–Crippen MR) is 101 cm³/mol. The third-order valence-corrected chi connectivity index (χ3v) is 5.57. The van der Waals surface area contributed by atoms with Crippen LogP contribution >= 0.6 is 0 Å². The minimum absolute atomic E-state index is 0.0236. The summed E-state index contributed by atoms with van der Waals surface area (Å²) in [5.74, 6) is -0.569. The highest BCUT2D eigenvalue weighted by molar-refractivity contribution is 5.58. The molecular weight excluding hydrogens is 387 g/mol. The summed E-state index contributed by atoms with van der Waals surface area (Å²) in [5.41, 5.74) is 5.68. The van der Waals surface area contributed by atoms with Crippen LogP contribution in [0.15, 0.2) is 6.20 Å². The second-order valence-corrected chi connectivity index (χ2v) is 7.58. The van der Waals surface area contributed by atoms with Crippen molar-refractivity contribution < 1.29 is 17.9 Å². The van der Waals surface area contributed by atoms with E-state index in [4.69, 9.17) is 10.5 Å². The Morgan fingerprint density at radius 3 is 2.34 bits per heavy atom. The van der Waals surface area contributed by atoms with E-state index < -0.39 is 17.6 Å². The zero-order valence-corrected chi connectivity index (χ0v) is 16.3. The van der Waals surface area contributed by atoms with E-state index in [0.29, 0.717) is 11.7 Å². The zero-order chi connectivity index (χ0) is 20.8. The van der Waals surface area contributed by atoms with E-state index in [9.17, 15) is 13.2 Å². The lowest BCUT2D eigenvalue weighted by Gasteiger charge is -2.41. The summed E-state index contributed by atoms with van der Waals surface area (Å²) in [6, 6.07) is 0.819. The molecule has 2 aromatic heterocycles. The van der Waals surface area contributed by atoms with Gasteiger partial charge in [0.2, 0.25) is 5.95 Å². The van der Waals surface area contributed by atoms with Gasteiger partial charge in [0, 0.05) is 19.3 Å². The Morgan fingerprint density at radius 1 is 1.10 bits per heavy atom. The summed E-state index contributed by atoms with van der Waals surface area (Å²) in [5, 5.41) is 7.54. The fourth-order valence-electron chi connectivity index (χ4n) is 3.86. The number of piperidine rings is 1. The minimum Gasteiger partial charge on any atom is -0.383 e. The van der Waals surface area contributed by atoms with Gasteiger partial charge in [-0.15, -0.1) is 0 Å². The third-order valence-electron chi connectivity index (χ3n) is 5.57. The van der Waals surface area contributed by atoms with Crippen molar-refractivity contribution in [2.75, 3.05) is 37.4 Å². The van der Waals surface area contributed by atoms with Crippen molar-refractivity contribution in [3.8, 4) is 0 Å². The second kappa shape index (κ2) is 7.45. The lowest BCUT2D eigenvalue weighted by Crippen LogP contribution is -2.51. The number of nitrogens with two attached hydrogens (primary N) is 1. The van der Waals surface area contributed by atoms with Crippen LogP contribution in [0.4, 0.5) is 30.6 Å². The quantitative estimate of drug-likeness (QED) is 0.799. The van der Waals surface area contributed by atoms with Gasteiger partial charge in [-0.05, 0) is 26.7 Å². The van der Waals surface area contributed by atoms with Crippen LogP contribution < -0.4 is 11.1 Å². The van der Waals surface area contributed by atoms with Crippen molar-refractivity contribution in [3.63, 3.8) is 0 Å². The Kier molecular flexibility index (Phi) is 5.11. The van der Waals surface area contributed by atoms with Crippen molar-refractivity contribution >= 4 is 17.5 Å². The van der Waals surface area contributed by atoms with Gasteiger partial charge in [0.1, 0.15) is 11.4 Å². The van der Waals surface area contributed by atoms with Gasteiger partial charge in [-0.3, -0.25) is 9.58 Å². The lowest BCUT2D eigenvalue weighted by atomic mass is 10.0. The number of aromatic nitrogens is 4. The molecule has 0 spiro atoms. The molecule has 0 atom stereocenters. The van der Waals surface area contributed by atoms with Crippen LogP contribution in [0.3, 0.4) is 0 Å². The van der Waals surface area contributed by atoms with Crippen LogP contribution in [0, 0.1) is 13.8 Å². The van der Waals surface area contributed by atoms with Gasteiger partial charge in [0.05, 0.1) is 42.4 Å². The van der Waals surface area contributed by atoms with Crippen molar-refractivity contribution in [3.05, 3.63) is 23.1 Å². The topological polar surface area (TPSA) is 94.1 Å². The highest BCUT2D eigenvalue weighted by Gasteiger charge is 2.37. The molecule has 2 aromatic rings. The average Bonchev–Trinajstić information content (AvgIpc) is 2.93. The molecule has 0 bridgehead atoms. The van der Waals surface area contributed by atoms with Crippen LogP contribution in [0.2, 0.25) is 0 Å². The SMILES string of the molecule is Cc1nn(C2CCN(C3COC3)CC2)cc1Nc1nc(C)c(C(F)(F)F)c(N)n1. The summed E-state index contributed by atoms with van der Waals surface area (Å²) in [7, 11) is 0. The molecule has 0 unspecified atom stereocenters. The molecule has 0 aromatic carbocycles. The van der Waals surface area contributed by atoms with Gasteiger partial charge in [0.15, 0.2) is 0 Å². The van der Waals surface area contributed by atoms with Gasteiger partial charge in [-0.25, -0.2) is 4.98 Å². The van der Waals surface area contributed by atoms with E-state index in [1.165, 1.54) is 6.92 Å². The highest BCUT2D eigenvalue weighted by atomic mass is 19.4. The number of nitrogen functional groups attached to an aromatic ring is 1. The molecule has 29 heavy (non-hydrogen) atoms. The van der Waals surface area contributed by atoms with Crippen LogP contribution in [0.1, 0.15) is 35.8 Å². The predicted octanol–water partition coefficient (Wildman–Crippen LogP) is 2.67. The molecule has 2 saturated heterocycles. The highest BCUT2D eigenvalue weighted by Crippen LogP contribution is 2.35. The molecule has 2 aliphatic heterocycles. The molecule has 2 aliphatic rings. The first kappa shape index (κ1) is 19.9. The first-order valence-electron chi connectivity index (χ1n) is 9.58. The maximum absolute atomic E-state index is 13.0. The molecule has 2 fully saturated rings. The monoisotopic (exact) mass is 411 g/mol. The smallest absolute Gasteiger partial charge is 0.383 e. The fraction of sp³-hybridized carbons (Fsp3) is 0.611. The number of aryl methyl sites for hydroxylation is 2. The van der Waals surface area contributed by atoms with Crippen molar-refractivity contribution in [1.29, 1.82) is 0 Å². The number of halogens is 3. The molecule has 158 valence electrons. The van der Waals surface area contributed by atoms with E-state index in [1.54, 1.807) is 0 Å². The van der Waals surface area contributed by atoms with Gasteiger partial charge < -0.3 is 15.8 Å². The van der Waals surface area contributed by atoms with Crippen molar-refractivity contribution in [2.45, 2.75) is 44.9 Å². The van der Waals surface area contributed by atoms with Crippen LogP contribution in [-0.4, -0.2) is 57.0 Å². The Bertz CT molecular complexity index is 863. The second-order valence-electron chi connectivity index (χ2n) is 7.58. The Labute approximate surface area is 166 Å². The number of hydrogen-bond acceptors (Lipinski definition) is 7. The maximum atomic E-state index is 13.0. The average molecular weight is 411 g/mol. The lowest BCUT2D eigenvalue weighted by molar-refractivity contribution is -0.137. The normalized spacial score (nSPS) is 19.3. The van der Waals surface area contributed by atoms with E-state index in [0.717, 1.165) is 44.8 Å². The molecule has 11 heteroatoms. The van der Waals surface area contributed by atoms with Gasteiger partial charge in [-0.1, -0.05) is 0 Å². The zero-order valence-electron chi connectivity index (χ0n) is 16.3. The summed E-state index contributed by atoms with van der Waals surface area (Å²) in [6.07, 6.45) is -0.761. The summed E-state index contributed by atoms with van der Waals surface area (Å²) < 4.78 is 46.3. The minimum atomic E-state index is -4.59. The molecular formula is C18H24F3N7O. The van der Waals surface area contributed by atoms with Crippen LogP contribution in [0.5, 0.6) is 0 Å². The Morgan fingerprint density at radius 2 is 1.79 bits per heavy atom. The number of ether oxygens (including phenoxy) is 1. The number of nitrogens with one attached hydrogen (secondary N) is 1. The summed E-state index contributed by atoms with van der Waals surface area (Å²) in [4.78, 5) is 10.2. The van der Waals surface area contributed by atoms with Gasteiger partial charge >= 0.3 is 6.18 Å². The number of rotatable bonds is 4. The molecule has 8 nitrogen and oxygen atoms in total. The molecule has 4 heterocycles. The Balaban J connectivity index is 1.46. The van der Waals surface area contributed by atoms with Gasteiger partial charge in [0.25, 0.3) is 0 Å². The van der Waals surface area contributed by atoms with Crippen molar-refractivity contribution in [2.24, 2.45) is 0 Å². The molecule has 0 radical (unpaired) electrons. The van der Waals surface area contributed by atoms with Crippen molar-refractivity contribution in [1.82, 2.24) is 24.6 Å². The molecule has 0 saturated carbocycles. The first-order valence-corrected chi connectivity index (χ1v) is 9.58. The number of anilines is 3. The maximum Gasteiger partial charge on any atom is 0.421 e. The third kappa shape index (κ3) is 4.01. The standard InChI is InChI=1S/C18H24F3N7O/c1-10-14(24-17-23-11(2)15(16(22)25-17)18(19,20)21)7-28(26-10)12-3-5-27(6-4-12)13-8-29-9-13/h7,12-13H,3-6,8-9H2,1-2H3,(H3,22,23,24,25). The number of nitrogens with zero attached hydrogens (tertiary/aromatic N) is 5. The van der Waals surface area contributed by atoms with E-state index in [2.05, 4.69) is 25.3 Å². The van der Waals surface area contributed by atoms with Crippen LogP contribution in [-0.2, 0) is 10.9 Å². The summed E-state index contributed by atoms with van der Waals surface area (Å²) in [6.45, 7) is 6.73. The number of likely N-dealkylation sites (tertiary alicyclic amines) is 1. The summed E-state index contributed by atoms with van der Waals surface area (Å²) >= 11 is 0. The molecule has 0 amide bonds. The largest absolute Gasteiger partial charge is 0.421 e. The first-order chi connectivity index (χ1) is 13.7. The fourth-order valence-corrected chi connectivity index (χ4v) is 3.86. The molecule has 3 N–H and O–H groups in total. The van der Waals surface area contributed by atoms with E-state index in [-0.39, 0.29) is 17.7 Å². The Hall–Kier alpha value is -2.40. The number of alkyl halides is 3. The van der Waals surface area contributed by atoms with Gasteiger partial charge in [-0.2, -0.15) is 23.3 Å². The molecule has 0 aliphatic carbocycles. The van der Waals surface area contributed by atoms with Crippen LogP contribution in [0.25, 0.3) is 0 Å². The van der Waals surface area contributed by atoms with E-state index in [1.807, 2.05) is 17.8 Å². The molecule has 4 rings (SSSR count).